The van der Waals surface area contributed by atoms with Crippen molar-refractivity contribution in [3.05, 3.63) is 0 Å². The van der Waals surface area contributed by atoms with Gasteiger partial charge in [0.1, 0.15) is 0 Å². The van der Waals surface area contributed by atoms with Crippen LogP contribution >= 0.6 is 0 Å². The van der Waals surface area contributed by atoms with E-state index < -0.39 is 12.2 Å². The number of carbonyl (C=O) groups excluding carboxylic acids is 2. The summed E-state index contributed by atoms with van der Waals surface area (Å²) in [5, 5.41) is 0. The minimum atomic E-state index is -1.10. The Morgan fingerprint density at radius 3 is 2.44 bits per heavy atom. The van der Waals surface area contributed by atoms with Crippen molar-refractivity contribution in [1.29, 1.82) is 0 Å². The van der Waals surface area contributed by atoms with Gasteiger partial charge in [0.2, 0.25) is 0 Å². The molecule has 0 aromatic rings. The summed E-state index contributed by atoms with van der Waals surface area (Å²) in [4.78, 5) is 23.6. The standard InChI is InChI=1S/C3H6N2O4/c1-8-3(7)5-9-2(4)6/h1H3,(H2,4,6)(H,5,7). The maximum absolute atomic E-state index is 10.1. The number of hydrogen-bond acceptors (Lipinski definition) is 4. The van der Waals surface area contributed by atoms with Gasteiger partial charge in [-0.15, -0.1) is 5.48 Å². The fourth-order valence-electron chi connectivity index (χ4n) is 0.134. The monoisotopic (exact) mass is 134 g/mol. The molecular formula is C3H6N2O4. The molecule has 0 aliphatic carbocycles. The van der Waals surface area contributed by atoms with Gasteiger partial charge in [0.25, 0.3) is 0 Å². The Kier molecular flexibility index (Phi) is 2.96. The summed E-state index contributed by atoms with van der Waals surface area (Å²) in [7, 11) is 1.12. The molecule has 0 saturated heterocycles. The quantitative estimate of drug-likeness (QED) is 0.431. The molecule has 0 fully saturated rings. The van der Waals surface area contributed by atoms with E-state index in [0.29, 0.717) is 0 Å². The first-order valence-electron chi connectivity index (χ1n) is 1.97. The lowest BCUT2D eigenvalue weighted by Gasteiger charge is -1.98. The van der Waals surface area contributed by atoms with Gasteiger partial charge in [-0.05, 0) is 0 Å². The van der Waals surface area contributed by atoms with E-state index >= 15 is 0 Å². The fraction of sp³-hybridized carbons (Fsp3) is 0.333. The van der Waals surface area contributed by atoms with Crippen molar-refractivity contribution in [3.8, 4) is 0 Å². The average Bonchev–Trinajstić information content (AvgIpc) is 1.83. The number of nitrogens with two attached hydrogens (primary N) is 1. The molecule has 0 aromatic heterocycles. The molecule has 0 atom stereocenters. The second-order valence-corrected chi connectivity index (χ2v) is 1.01. The fourth-order valence-corrected chi connectivity index (χ4v) is 0.134. The van der Waals surface area contributed by atoms with E-state index in [4.69, 9.17) is 0 Å². The van der Waals surface area contributed by atoms with Crippen molar-refractivity contribution < 1.29 is 19.2 Å². The SMILES string of the molecule is COC(=O)NOC(N)=O. The first-order chi connectivity index (χ1) is 4.16. The Morgan fingerprint density at radius 2 is 2.11 bits per heavy atom. The highest BCUT2D eigenvalue weighted by Crippen LogP contribution is 1.70. The van der Waals surface area contributed by atoms with Gasteiger partial charge < -0.3 is 15.3 Å². The number of ether oxygens (including phenoxy) is 1. The largest absolute Gasteiger partial charge is 0.451 e. The molecule has 52 valence electrons. The van der Waals surface area contributed by atoms with Crippen LogP contribution in [0.1, 0.15) is 0 Å². The van der Waals surface area contributed by atoms with Crippen LogP contribution in [0, 0.1) is 0 Å². The molecule has 0 spiro atoms. The summed E-state index contributed by atoms with van der Waals surface area (Å²) >= 11 is 0. The predicted molar refractivity (Wildman–Crippen MR) is 26.2 cm³/mol. The van der Waals surface area contributed by atoms with Gasteiger partial charge in [0.15, 0.2) is 0 Å². The lowest BCUT2D eigenvalue weighted by molar-refractivity contribution is 0.0784. The Morgan fingerprint density at radius 1 is 1.56 bits per heavy atom. The third-order valence-electron chi connectivity index (χ3n) is 0.420. The molecule has 6 heteroatoms. The zero-order valence-electron chi connectivity index (χ0n) is 4.71. The first kappa shape index (κ1) is 7.54. The van der Waals surface area contributed by atoms with Crippen LogP contribution in [0.2, 0.25) is 0 Å². The second kappa shape index (κ2) is 3.53. The Labute approximate surface area is 50.9 Å². The maximum Gasteiger partial charge on any atom is 0.440 e. The molecule has 0 saturated carbocycles. The van der Waals surface area contributed by atoms with Crippen LogP contribution < -0.4 is 11.2 Å². The molecule has 0 aromatic carbocycles. The van der Waals surface area contributed by atoms with Gasteiger partial charge in [-0.3, -0.25) is 0 Å². The van der Waals surface area contributed by atoms with Crippen molar-refractivity contribution in [3.63, 3.8) is 0 Å². The zero-order valence-corrected chi connectivity index (χ0v) is 4.71. The second-order valence-electron chi connectivity index (χ2n) is 1.01. The van der Waals surface area contributed by atoms with Crippen LogP contribution in [0.15, 0.2) is 0 Å². The molecule has 6 nitrogen and oxygen atoms in total. The van der Waals surface area contributed by atoms with Crippen LogP contribution in [-0.2, 0) is 9.57 Å². The number of primary amides is 1. The predicted octanol–water partition coefficient (Wildman–Crippen LogP) is -0.647. The van der Waals surface area contributed by atoms with Crippen molar-refractivity contribution in [2.75, 3.05) is 7.11 Å². The van der Waals surface area contributed by atoms with E-state index in [9.17, 15) is 9.59 Å². The summed E-state index contributed by atoms with van der Waals surface area (Å²) in [5.41, 5.74) is 6.06. The summed E-state index contributed by atoms with van der Waals surface area (Å²) in [6.07, 6.45) is -1.98. The lowest BCUT2D eigenvalue weighted by atomic mass is 11.2. The Balaban J connectivity index is 3.28. The molecule has 2 amide bonds. The number of amides is 2. The number of methoxy groups -OCH3 is 1. The highest BCUT2D eigenvalue weighted by molar-refractivity contribution is 5.70. The lowest BCUT2D eigenvalue weighted by Crippen LogP contribution is -2.29. The molecule has 0 aliphatic rings. The molecule has 0 aliphatic heterocycles. The first-order valence-corrected chi connectivity index (χ1v) is 1.97. The molecule has 0 heterocycles. The van der Waals surface area contributed by atoms with E-state index in [1.807, 2.05) is 0 Å². The Hall–Kier alpha value is -1.46. The number of hydroxylamine groups is 1. The van der Waals surface area contributed by atoms with Crippen molar-refractivity contribution in [1.82, 2.24) is 5.48 Å². The molecule has 0 radical (unpaired) electrons. The van der Waals surface area contributed by atoms with Gasteiger partial charge in [-0.25, -0.2) is 9.59 Å². The summed E-state index contributed by atoms with van der Waals surface area (Å²) in [5.74, 6) is 0. The van der Waals surface area contributed by atoms with E-state index in [0.717, 1.165) is 7.11 Å². The topological polar surface area (TPSA) is 90.7 Å². The minimum absolute atomic E-state index is 0.881. The van der Waals surface area contributed by atoms with E-state index in [-0.39, 0.29) is 0 Å². The van der Waals surface area contributed by atoms with Gasteiger partial charge >= 0.3 is 12.2 Å². The van der Waals surface area contributed by atoms with Crippen molar-refractivity contribution in [2.24, 2.45) is 5.73 Å². The summed E-state index contributed by atoms with van der Waals surface area (Å²) < 4.78 is 4.02. The third kappa shape index (κ3) is 4.39. The number of rotatable bonds is 0. The molecule has 0 rings (SSSR count). The Bertz CT molecular complexity index is 123. The molecule has 0 unspecified atom stereocenters. The smallest absolute Gasteiger partial charge is 0.440 e. The van der Waals surface area contributed by atoms with Crippen molar-refractivity contribution >= 4 is 12.2 Å². The highest BCUT2D eigenvalue weighted by atomic mass is 16.7. The third-order valence-corrected chi connectivity index (χ3v) is 0.420. The van der Waals surface area contributed by atoms with Crippen LogP contribution in [0.25, 0.3) is 0 Å². The average molecular weight is 134 g/mol. The van der Waals surface area contributed by atoms with Crippen LogP contribution in [0.5, 0.6) is 0 Å². The van der Waals surface area contributed by atoms with E-state index in [1.165, 1.54) is 0 Å². The normalized spacial score (nSPS) is 7.67. The molecule has 9 heavy (non-hydrogen) atoms. The van der Waals surface area contributed by atoms with E-state index in [1.54, 1.807) is 5.48 Å². The zero-order chi connectivity index (χ0) is 7.28. The molecule has 3 N–H and O–H groups in total. The van der Waals surface area contributed by atoms with Crippen LogP contribution in [-0.4, -0.2) is 19.3 Å². The summed E-state index contributed by atoms with van der Waals surface area (Å²) in [6, 6.07) is 0. The van der Waals surface area contributed by atoms with Crippen LogP contribution in [0.3, 0.4) is 0 Å². The number of carbonyl (C=O) groups is 2. The number of hydrogen-bond donors (Lipinski definition) is 2. The van der Waals surface area contributed by atoms with Gasteiger partial charge in [-0.2, -0.15) is 0 Å². The van der Waals surface area contributed by atoms with Gasteiger partial charge in [0.05, 0.1) is 7.11 Å². The minimum Gasteiger partial charge on any atom is -0.451 e. The highest BCUT2D eigenvalue weighted by Gasteiger charge is 1.98. The molecule has 0 bridgehead atoms. The molecular weight excluding hydrogens is 128 g/mol. The maximum atomic E-state index is 10.1. The van der Waals surface area contributed by atoms with Crippen molar-refractivity contribution in [2.45, 2.75) is 0 Å². The van der Waals surface area contributed by atoms with Crippen LogP contribution in [0.4, 0.5) is 9.59 Å². The van der Waals surface area contributed by atoms with Gasteiger partial charge in [0, 0.05) is 0 Å². The van der Waals surface area contributed by atoms with Gasteiger partial charge in [-0.1, -0.05) is 0 Å². The van der Waals surface area contributed by atoms with E-state index in [2.05, 4.69) is 15.3 Å². The number of nitrogens with one attached hydrogen (secondary N) is 1. The summed E-state index contributed by atoms with van der Waals surface area (Å²) in [6.45, 7) is 0.